The molecule has 0 aliphatic carbocycles. The number of nitrogens with zero attached hydrogens (tertiary/aromatic N) is 1. The van der Waals surface area contributed by atoms with Crippen molar-refractivity contribution in [3.8, 4) is 5.75 Å². The minimum Gasteiger partial charge on any atom is -0.497 e. The Balaban J connectivity index is 1.87. The zero-order valence-electron chi connectivity index (χ0n) is 13.0. The number of thiocarbonyl (C=S) groups is 1. The fraction of sp³-hybridized carbons (Fsp3) is 0.235. The lowest BCUT2D eigenvalue weighted by atomic mass is 10.2. The summed E-state index contributed by atoms with van der Waals surface area (Å²) >= 11 is 17.4. The largest absolute Gasteiger partial charge is 0.497 e. The van der Waals surface area contributed by atoms with Crippen LogP contribution < -0.4 is 10.1 Å². The van der Waals surface area contributed by atoms with Gasteiger partial charge in [0.2, 0.25) is 0 Å². The maximum atomic E-state index is 6.03. The molecule has 0 radical (unpaired) electrons. The molecule has 6 heteroatoms. The first-order valence-corrected chi connectivity index (χ1v) is 8.22. The van der Waals surface area contributed by atoms with Gasteiger partial charge in [-0.15, -0.1) is 0 Å². The number of nitrogens with one attached hydrogen (secondary N) is 1. The molecule has 0 saturated heterocycles. The molecule has 23 heavy (non-hydrogen) atoms. The number of rotatable bonds is 5. The smallest absolute Gasteiger partial charge is 0.169 e. The second kappa shape index (κ2) is 8.39. The van der Waals surface area contributed by atoms with Crippen molar-refractivity contribution >= 4 is 40.5 Å². The average molecular weight is 369 g/mol. The lowest BCUT2D eigenvalue weighted by molar-refractivity contribution is 0.414. The third-order valence-corrected chi connectivity index (χ3v) is 4.55. The van der Waals surface area contributed by atoms with Crippen LogP contribution in [0.3, 0.4) is 0 Å². The fourth-order valence-corrected chi connectivity index (χ4v) is 2.50. The second-order valence-corrected chi connectivity index (χ2v) is 6.31. The average Bonchev–Trinajstić information content (AvgIpc) is 2.56. The quantitative estimate of drug-likeness (QED) is 0.784. The predicted octanol–water partition coefficient (Wildman–Crippen LogP) is 4.51. The molecule has 0 aromatic heterocycles. The summed E-state index contributed by atoms with van der Waals surface area (Å²) < 4.78 is 5.14. The van der Waals surface area contributed by atoms with Crippen molar-refractivity contribution in [3.05, 3.63) is 63.6 Å². The van der Waals surface area contributed by atoms with Crippen molar-refractivity contribution in [2.75, 3.05) is 14.2 Å². The van der Waals surface area contributed by atoms with E-state index in [-0.39, 0.29) is 0 Å². The van der Waals surface area contributed by atoms with Gasteiger partial charge in [-0.2, -0.15) is 0 Å². The van der Waals surface area contributed by atoms with Crippen LogP contribution in [-0.4, -0.2) is 24.2 Å². The van der Waals surface area contributed by atoms with Gasteiger partial charge in [0.15, 0.2) is 5.11 Å². The van der Waals surface area contributed by atoms with Crippen LogP contribution in [0, 0.1) is 0 Å². The third-order valence-electron chi connectivity index (χ3n) is 3.35. The molecule has 2 rings (SSSR count). The first kappa shape index (κ1) is 17.9. The molecule has 0 spiro atoms. The number of hydrogen-bond acceptors (Lipinski definition) is 2. The van der Waals surface area contributed by atoms with Gasteiger partial charge in [-0.05, 0) is 47.6 Å². The molecule has 0 aliphatic rings. The Kier molecular flexibility index (Phi) is 6.51. The molecule has 0 aliphatic heterocycles. The Morgan fingerprint density at radius 2 is 1.74 bits per heavy atom. The van der Waals surface area contributed by atoms with Crippen LogP contribution >= 0.6 is 35.4 Å². The topological polar surface area (TPSA) is 24.5 Å². The summed E-state index contributed by atoms with van der Waals surface area (Å²) in [6, 6.07) is 13.5. The molecular weight excluding hydrogens is 351 g/mol. The number of halogens is 2. The van der Waals surface area contributed by atoms with Crippen molar-refractivity contribution in [1.82, 2.24) is 10.2 Å². The van der Waals surface area contributed by atoms with E-state index in [0.29, 0.717) is 28.2 Å². The first-order chi connectivity index (χ1) is 11.0. The molecule has 0 fully saturated rings. The van der Waals surface area contributed by atoms with Crippen molar-refractivity contribution in [1.29, 1.82) is 0 Å². The zero-order valence-corrected chi connectivity index (χ0v) is 15.3. The van der Waals surface area contributed by atoms with Crippen molar-refractivity contribution in [3.63, 3.8) is 0 Å². The van der Waals surface area contributed by atoms with Crippen LogP contribution in [-0.2, 0) is 13.1 Å². The lowest BCUT2D eigenvalue weighted by Crippen LogP contribution is -2.36. The molecule has 3 nitrogen and oxygen atoms in total. The van der Waals surface area contributed by atoms with Crippen LogP contribution in [0.25, 0.3) is 0 Å². The van der Waals surface area contributed by atoms with Gasteiger partial charge in [-0.25, -0.2) is 0 Å². The van der Waals surface area contributed by atoms with Gasteiger partial charge in [0.25, 0.3) is 0 Å². The van der Waals surface area contributed by atoms with Crippen LogP contribution in [0.5, 0.6) is 5.75 Å². The number of ether oxygens (including phenoxy) is 1. The van der Waals surface area contributed by atoms with E-state index in [2.05, 4.69) is 5.32 Å². The van der Waals surface area contributed by atoms with Gasteiger partial charge in [0.05, 0.1) is 17.2 Å². The third kappa shape index (κ3) is 5.27. The summed E-state index contributed by atoms with van der Waals surface area (Å²) in [7, 11) is 3.59. The van der Waals surface area contributed by atoms with Gasteiger partial charge < -0.3 is 15.0 Å². The van der Waals surface area contributed by atoms with E-state index in [1.807, 2.05) is 48.3 Å². The summed E-state index contributed by atoms with van der Waals surface area (Å²) in [5.74, 6) is 0.841. The maximum Gasteiger partial charge on any atom is 0.169 e. The van der Waals surface area contributed by atoms with Gasteiger partial charge in [-0.3, -0.25) is 0 Å². The Labute approximate surface area is 152 Å². The van der Waals surface area contributed by atoms with E-state index >= 15 is 0 Å². The zero-order chi connectivity index (χ0) is 16.8. The maximum absolute atomic E-state index is 6.03. The molecule has 0 unspecified atom stereocenters. The minimum absolute atomic E-state index is 0.551. The molecule has 0 atom stereocenters. The summed E-state index contributed by atoms with van der Waals surface area (Å²) in [5.41, 5.74) is 2.19. The highest BCUT2D eigenvalue weighted by molar-refractivity contribution is 7.80. The van der Waals surface area contributed by atoms with Gasteiger partial charge in [0, 0.05) is 20.1 Å². The molecular formula is C17H18Cl2N2OS. The standard InChI is InChI=1S/C17H18Cl2N2OS/c1-21(11-13-5-8-15(18)16(19)9-13)17(23)20-10-12-3-6-14(22-2)7-4-12/h3-9H,10-11H2,1-2H3,(H,20,23). The van der Waals surface area contributed by atoms with Crippen LogP contribution in [0.15, 0.2) is 42.5 Å². The number of hydrogen-bond donors (Lipinski definition) is 1. The summed E-state index contributed by atoms with van der Waals surface area (Å²) in [5, 5.41) is 5.02. The molecule has 2 aromatic rings. The van der Waals surface area contributed by atoms with E-state index in [1.54, 1.807) is 13.2 Å². The molecule has 122 valence electrons. The first-order valence-electron chi connectivity index (χ1n) is 7.05. The van der Waals surface area contributed by atoms with E-state index in [9.17, 15) is 0 Å². The molecule has 1 N–H and O–H groups in total. The van der Waals surface area contributed by atoms with Gasteiger partial charge in [0.1, 0.15) is 5.75 Å². The normalized spacial score (nSPS) is 10.3. The Morgan fingerprint density at radius 3 is 2.35 bits per heavy atom. The summed E-state index contributed by atoms with van der Waals surface area (Å²) in [4.78, 5) is 1.96. The number of benzene rings is 2. The van der Waals surface area contributed by atoms with Crippen molar-refractivity contribution in [2.45, 2.75) is 13.1 Å². The van der Waals surface area contributed by atoms with Crippen LogP contribution in [0.4, 0.5) is 0 Å². The number of methoxy groups -OCH3 is 1. The molecule has 0 saturated carbocycles. The highest BCUT2D eigenvalue weighted by Gasteiger charge is 2.07. The van der Waals surface area contributed by atoms with E-state index < -0.39 is 0 Å². The summed E-state index contributed by atoms with van der Waals surface area (Å²) in [6.45, 7) is 1.32. The van der Waals surface area contributed by atoms with Crippen LogP contribution in [0.2, 0.25) is 10.0 Å². The highest BCUT2D eigenvalue weighted by atomic mass is 35.5. The van der Waals surface area contributed by atoms with E-state index in [0.717, 1.165) is 16.9 Å². The Bertz CT molecular complexity index is 677. The van der Waals surface area contributed by atoms with E-state index in [4.69, 9.17) is 40.2 Å². The Hall–Kier alpha value is -1.49. The van der Waals surface area contributed by atoms with E-state index in [1.165, 1.54) is 0 Å². The SMILES string of the molecule is COc1ccc(CNC(=S)N(C)Cc2ccc(Cl)c(Cl)c2)cc1. The lowest BCUT2D eigenvalue weighted by Gasteiger charge is -2.21. The second-order valence-electron chi connectivity index (χ2n) is 5.11. The van der Waals surface area contributed by atoms with Crippen molar-refractivity contribution in [2.24, 2.45) is 0 Å². The molecule has 2 aromatic carbocycles. The summed E-state index contributed by atoms with van der Waals surface area (Å²) in [6.07, 6.45) is 0. The minimum atomic E-state index is 0.551. The molecule has 0 amide bonds. The highest BCUT2D eigenvalue weighted by Crippen LogP contribution is 2.23. The Morgan fingerprint density at radius 1 is 1.09 bits per heavy atom. The monoisotopic (exact) mass is 368 g/mol. The fourth-order valence-electron chi connectivity index (χ4n) is 2.04. The van der Waals surface area contributed by atoms with Crippen molar-refractivity contribution < 1.29 is 4.74 Å². The van der Waals surface area contributed by atoms with Gasteiger partial charge >= 0.3 is 0 Å². The molecule has 0 heterocycles. The predicted molar refractivity (Wildman–Crippen MR) is 100 cm³/mol. The van der Waals surface area contributed by atoms with Crippen LogP contribution in [0.1, 0.15) is 11.1 Å². The molecule has 0 bridgehead atoms. The van der Waals surface area contributed by atoms with Gasteiger partial charge in [-0.1, -0.05) is 41.4 Å².